The minimum atomic E-state index is -4.66. The summed E-state index contributed by atoms with van der Waals surface area (Å²) in [5, 5.41) is 0. The second kappa shape index (κ2) is 6.97. The third kappa shape index (κ3) is 3.74. The average Bonchev–Trinajstić information content (AvgIpc) is 2.52. The summed E-state index contributed by atoms with van der Waals surface area (Å²) in [5.74, 6) is 0. The zero-order valence-corrected chi connectivity index (χ0v) is 15.0. The van der Waals surface area contributed by atoms with Crippen molar-refractivity contribution in [2.75, 3.05) is 0 Å². The van der Waals surface area contributed by atoms with Crippen molar-refractivity contribution in [3.05, 3.63) is 57.6 Å². The van der Waals surface area contributed by atoms with Crippen molar-refractivity contribution in [3.8, 4) is 11.1 Å². The monoisotopic (exact) mass is 374 g/mol. The second-order valence-electron chi connectivity index (χ2n) is 6.31. The van der Waals surface area contributed by atoms with Crippen molar-refractivity contribution in [2.45, 2.75) is 52.9 Å². The van der Waals surface area contributed by atoms with Crippen LogP contribution in [0.2, 0.25) is 0 Å². The Kier molecular flexibility index (Phi) is 5.45. The summed E-state index contributed by atoms with van der Waals surface area (Å²) in [6.07, 6.45) is -8.70. The van der Waals surface area contributed by atoms with Crippen LogP contribution in [0.4, 0.5) is 26.3 Å². The zero-order valence-electron chi connectivity index (χ0n) is 15.0. The first kappa shape index (κ1) is 20.3. The number of rotatable bonds is 3. The molecule has 0 bridgehead atoms. The van der Waals surface area contributed by atoms with Crippen LogP contribution in [0, 0.1) is 13.8 Å². The van der Waals surface area contributed by atoms with Gasteiger partial charge in [0.25, 0.3) is 0 Å². The topological polar surface area (TPSA) is 0 Å². The van der Waals surface area contributed by atoms with Crippen LogP contribution in [-0.2, 0) is 25.2 Å². The van der Waals surface area contributed by atoms with Crippen LogP contribution < -0.4 is 0 Å². The average molecular weight is 374 g/mol. The van der Waals surface area contributed by atoms with E-state index in [2.05, 4.69) is 0 Å². The fourth-order valence-electron chi connectivity index (χ4n) is 3.25. The lowest BCUT2D eigenvalue weighted by molar-refractivity contribution is -0.138. The molecule has 0 nitrogen and oxygen atoms in total. The molecule has 6 heteroatoms. The van der Waals surface area contributed by atoms with Crippen LogP contribution in [0.15, 0.2) is 24.3 Å². The van der Waals surface area contributed by atoms with E-state index in [1.165, 1.54) is 26.0 Å². The van der Waals surface area contributed by atoms with Gasteiger partial charge in [-0.1, -0.05) is 32.0 Å². The Morgan fingerprint density at radius 2 is 1.42 bits per heavy atom. The van der Waals surface area contributed by atoms with Gasteiger partial charge in [-0.05, 0) is 66.1 Å². The van der Waals surface area contributed by atoms with Crippen LogP contribution in [0.3, 0.4) is 0 Å². The lowest BCUT2D eigenvalue weighted by Gasteiger charge is -2.23. The molecule has 0 saturated heterocycles. The van der Waals surface area contributed by atoms with E-state index in [-0.39, 0.29) is 28.7 Å². The maximum Gasteiger partial charge on any atom is 0.417 e. The van der Waals surface area contributed by atoms with Crippen LogP contribution in [0.5, 0.6) is 0 Å². The molecule has 2 aromatic rings. The molecule has 0 amide bonds. The molecule has 2 rings (SSSR count). The summed E-state index contributed by atoms with van der Waals surface area (Å²) >= 11 is 0. The van der Waals surface area contributed by atoms with Crippen molar-refractivity contribution < 1.29 is 26.3 Å². The molecule has 142 valence electrons. The molecule has 0 aliphatic heterocycles. The Balaban J connectivity index is 2.99. The van der Waals surface area contributed by atoms with Gasteiger partial charge in [-0.2, -0.15) is 26.3 Å². The first-order chi connectivity index (χ1) is 11.9. The van der Waals surface area contributed by atoms with E-state index in [9.17, 15) is 26.3 Å². The fraction of sp³-hybridized carbons (Fsp3) is 0.400. The van der Waals surface area contributed by atoms with Crippen LogP contribution in [0.1, 0.15) is 47.2 Å². The molecule has 0 aliphatic carbocycles. The molecule has 0 unspecified atom stereocenters. The van der Waals surface area contributed by atoms with Gasteiger partial charge in [0.1, 0.15) is 0 Å². The van der Waals surface area contributed by atoms with E-state index in [0.29, 0.717) is 17.5 Å². The molecular weight excluding hydrogens is 354 g/mol. The van der Waals surface area contributed by atoms with Gasteiger partial charge in [-0.15, -0.1) is 0 Å². The Morgan fingerprint density at radius 1 is 0.808 bits per heavy atom. The Morgan fingerprint density at radius 3 is 1.88 bits per heavy atom. The lowest BCUT2D eigenvalue weighted by Crippen LogP contribution is -2.14. The number of hydrogen-bond donors (Lipinski definition) is 0. The Hall–Kier alpha value is -1.98. The minimum Gasteiger partial charge on any atom is -0.166 e. The molecule has 0 radical (unpaired) electrons. The summed E-state index contributed by atoms with van der Waals surface area (Å²) in [5.41, 5.74) is -1.32. The molecule has 2 aromatic carbocycles. The van der Waals surface area contributed by atoms with E-state index in [4.69, 9.17) is 0 Å². The van der Waals surface area contributed by atoms with E-state index in [1.54, 1.807) is 19.9 Å². The standard InChI is InChI=1S/C20H20F6/c1-5-13-9-15(12(4)16(10-13)19(21,22)23)17-14(6-2)8-7-11(3)18(17)20(24,25)26/h7-10H,5-6H2,1-4H3. The van der Waals surface area contributed by atoms with Crippen molar-refractivity contribution in [1.82, 2.24) is 0 Å². The van der Waals surface area contributed by atoms with Gasteiger partial charge in [-0.3, -0.25) is 0 Å². The molecule has 26 heavy (non-hydrogen) atoms. The van der Waals surface area contributed by atoms with Crippen molar-refractivity contribution in [1.29, 1.82) is 0 Å². The molecule has 0 N–H and O–H groups in total. The van der Waals surface area contributed by atoms with Crippen LogP contribution in [0.25, 0.3) is 11.1 Å². The van der Waals surface area contributed by atoms with Gasteiger partial charge in [0, 0.05) is 0 Å². The SMILES string of the molecule is CCc1cc(-c2c(CC)ccc(C)c2C(F)(F)F)c(C)c(C(F)(F)F)c1. The molecule has 0 aliphatic rings. The van der Waals surface area contributed by atoms with Gasteiger partial charge in [0.2, 0.25) is 0 Å². The number of aryl methyl sites for hydroxylation is 3. The highest BCUT2D eigenvalue weighted by Crippen LogP contribution is 2.45. The molecular formula is C20H20F6. The van der Waals surface area contributed by atoms with Gasteiger partial charge in [-0.25, -0.2) is 0 Å². The zero-order chi connectivity index (χ0) is 19.9. The first-order valence-corrected chi connectivity index (χ1v) is 8.32. The third-order valence-corrected chi connectivity index (χ3v) is 4.61. The molecule has 0 aromatic heterocycles. The smallest absolute Gasteiger partial charge is 0.166 e. The Bertz CT molecular complexity index is 813. The van der Waals surface area contributed by atoms with Crippen molar-refractivity contribution in [3.63, 3.8) is 0 Å². The van der Waals surface area contributed by atoms with Gasteiger partial charge >= 0.3 is 12.4 Å². The quantitative estimate of drug-likeness (QED) is 0.501. The van der Waals surface area contributed by atoms with E-state index in [0.717, 1.165) is 6.07 Å². The summed E-state index contributed by atoms with van der Waals surface area (Å²) in [6, 6.07) is 5.40. The van der Waals surface area contributed by atoms with E-state index >= 15 is 0 Å². The number of halogens is 6. The fourth-order valence-corrected chi connectivity index (χ4v) is 3.25. The van der Waals surface area contributed by atoms with Crippen molar-refractivity contribution >= 4 is 0 Å². The number of alkyl halides is 6. The van der Waals surface area contributed by atoms with Gasteiger partial charge in [0.15, 0.2) is 0 Å². The maximum absolute atomic E-state index is 13.7. The van der Waals surface area contributed by atoms with Crippen LogP contribution in [-0.4, -0.2) is 0 Å². The summed E-state index contributed by atoms with van der Waals surface area (Å²) in [4.78, 5) is 0. The van der Waals surface area contributed by atoms with Gasteiger partial charge in [0.05, 0.1) is 11.1 Å². The largest absolute Gasteiger partial charge is 0.417 e. The summed E-state index contributed by atoms with van der Waals surface area (Å²) in [6.45, 7) is 5.93. The maximum atomic E-state index is 13.7. The molecule has 0 saturated carbocycles. The lowest BCUT2D eigenvalue weighted by atomic mass is 9.85. The Labute approximate surface area is 148 Å². The number of benzene rings is 2. The molecule has 0 atom stereocenters. The summed E-state index contributed by atoms with van der Waals surface area (Å²) in [7, 11) is 0. The summed E-state index contributed by atoms with van der Waals surface area (Å²) < 4.78 is 81.5. The van der Waals surface area contributed by atoms with E-state index in [1.807, 2.05) is 0 Å². The second-order valence-corrected chi connectivity index (χ2v) is 6.31. The van der Waals surface area contributed by atoms with Crippen molar-refractivity contribution in [2.24, 2.45) is 0 Å². The number of hydrogen-bond acceptors (Lipinski definition) is 0. The first-order valence-electron chi connectivity index (χ1n) is 8.32. The predicted octanol–water partition coefficient (Wildman–Crippen LogP) is 7.13. The highest BCUT2D eigenvalue weighted by atomic mass is 19.4. The normalized spacial score (nSPS) is 12.5. The molecule has 0 spiro atoms. The molecule has 0 fully saturated rings. The van der Waals surface area contributed by atoms with E-state index < -0.39 is 23.5 Å². The van der Waals surface area contributed by atoms with Crippen LogP contribution >= 0.6 is 0 Å². The highest BCUT2D eigenvalue weighted by molar-refractivity contribution is 5.77. The van der Waals surface area contributed by atoms with Gasteiger partial charge < -0.3 is 0 Å². The predicted molar refractivity (Wildman–Crippen MR) is 90.1 cm³/mol. The molecule has 0 heterocycles. The third-order valence-electron chi connectivity index (χ3n) is 4.61. The highest BCUT2D eigenvalue weighted by Gasteiger charge is 2.38. The minimum absolute atomic E-state index is 0.000407.